The van der Waals surface area contributed by atoms with Crippen molar-refractivity contribution in [3.05, 3.63) is 0 Å². The number of hydrogen-bond acceptors (Lipinski definition) is 3. The third-order valence-corrected chi connectivity index (χ3v) is 2.60. The van der Waals surface area contributed by atoms with Crippen LogP contribution in [0.3, 0.4) is 0 Å². The second-order valence-corrected chi connectivity index (χ2v) is 3.77. The van der Waals surface area contributed by atoms with Gasteiger partial charge in [0.15, 0.2) is 6.29 Å². The lowest BCUT2D eigenvalue weighted by atomic mass is 10.1. The van der Waals surface area contributed by atoms with Crippen LogP contribution in [0.5, 0.6) is 0 Å². The average Bonchev–Trinajstić information content (AvgIpc) is 2.21. The molecule has 0 aliphatic carbocycles. The lowest BCUT2D eigenvalue weighted by molar-refractivity contribution is -0.205. The maximum atomic E-state index is 5.78. The van der Waals surface area contributed by atoms with Crippen molar-refractivity contribution in [2.24, 2.45) is 0 Å². The van der Waals surface area contributed by atoms with Gasteiger partial charge >= 0.3 is 0 Å². The van der Waals surface area contributed by atoms with Gasteiger partial charge in [0.1, 0.15) is 0 Å². The maximum Gasteiger partial charge on any atom is 0.158 e. The van der Waals surface area contributed by atoms with Crippen LogP contribution in [0.4, 0.5) is 0 Å². The summed E-state index contributed by atoms with van der Waals surface area (Å²) in [7, 11) is 0. The van der Waals surface area contributed by atoms with Gasteiger partial charge in [-0.1, -0.05) is 0 Å². The Morgan fingerprint density at radius 1 is 1.00 bits per heavy atom. The standard InChI is InChI=1S/C10H18O3/c1-2-7-12-10(5-1)13-9-4-3-6-11-8-9/h9-10H,1-8H2. The minimum absolute atomic E-state index is 0.0421. The van der Waals surface area contributed by atoms with Crippen LogP contribution < -0.4 is 0 Å². The second kappa shape index (κ2) is 4.94. The van der Waals surface area contributed by atoms with Gasteiger partial charge in [0.25, 0.3) is 0 Å². The SMILES string of the molecule is C1CCC(OC2CCCOC2)OC1. The van der Waals surface area contributed by atoms with E-state index in [9.17, 15) is 0 Å². The van der Waals surface area contributed by atoms with Crippen LogP contribution in [0, 0.1) is 0 Å². The van der Waals surface area contributed by atoms with E-state index in [1.54, 1.807) is 0 Å². The van der Waals surface area contributed by atoms with E-state index in [4.69, 9.17) is 14.2 Å². The predicted octanol–water partition coefficient (Wildman–Crippen LogP) is 1.71. The zero-order chi connectivity index (χ0) is 8.93. The second-order valence-electron chi connectivity index (χ2n) is 3.77. The normalized spacial score (nSPS) is 36.0. The molecular weight excluding hydrogens is 168 g/mol. The Hall–Kier alpha value is -0.120. The molecule has 2 saturated heterocycles. The van der Waals surface area contributed by atoms with Crippen LogP contribution in [-0.4, -0.2) is 32.2 Å². The summed E-state index contributed by atoms with van der Waals surface area (Å²) >= 11 is 0. The third kappa shape index (κ3) is 2.93. The van der Waals surface area contributed by atoms with Crippen molar-refractivity contribution in [3.8, 4) is 0 Å². The van der Waals surface area contributed by atoms with E-state index < -0.39 is 0 Å². The zero-order valence-electron chi connectivity index (χ0n) is 8.04. The smallest absolute Gasteiger partial charge is 0.158 e. The average molecular weight is 186 g/mol. The van der Waals surface area contributed by atoms with Crippen LogP contribution >= 0.6 is 0 Å². The first kappa shape index (κ1) is 9.44. The van der Waals surface area contributed by atoms with E-state index in [0.29, 0.717) is 0 Å². The highest BCUT2D eigenvalue weighted by Crippen LogP contribution is 2.18. The number of rotatable bonds is 2. The minimum Gasteiger partial charge on any atom is -0.379 e. The topological polar surface area (TPSA) is 27.7 Å². The fraction of sp³-hybridized carbons (Fsp3) is 1.00. The Morgan fingerprint density at radius 2 is 2.00 bits per heavy atom. The third-order valence-electron chi connectivity index (χ3n) is 2.60. The van der Waals surface area contributed by atoms with Crippen LogP contribution in [-0.2, 0) is 14.2 Å². The molecule has 3 heteroatoms. The lowest BCUT2D eigenvalue weighted by Gasteiger charge is -2.29. The molecule has 2 atom stereocenters. The molecule has 0 saturated carbocycles. The largest absolute Gasteiger partial charge is 0.379 e. The van der Waals surface area contributed by atoms with Gasteiger partial charge in [-0.05, 0) is 32.1 Å². The van der Waals surface area contributed by atoms with Crippen molar-refractivity contribution in [3.63, 3.8) is 0 Å². The lowest BCUT2D eigenvalue weighted by Crippen LogP contribution is -2.33. The Kier molecular flexibility index (Phi) is 3.58. The summed E-state index contributed by atoms with van der Waals surface area (Å²) in [5, 5.41) is 0. The molecule has 0 radical (unpaired) electrons. The Balaban J connectivity index is 1.69. The number of ether oxygens (including phenoxy) is 3. The van der Waals surface area contributed by atoms with Gasteiger partial charge in [-0.15, -0.1) is 0 Å². The van der Waals surface area contributed by atoms with E-state index >= 15 is 0 Å². The molecular formula is C10H18O3. The highest BCUT2D eigenvalue weighted by atomic mass is 16.7. The maximum absolute atomic E-state index is 5.78. The molecule has 2 aliphatic rings. The summed E-state index contributed by atoms with van der Waals surface area (Å²) in [6.07, 6.45) is 6.03. The quantitative estimate of drug-likeness (QED) is 0.657. The van der Waals surface area contributed by atoms with E-state index in [1.807, 2.05) is 0 Å². The Morgan fingerprint density at radius 3 is 2.69 bits per heavy atom. The summed E-state index contributed by atoms with van der Waals surface area (Å²) in [5.41, 5.74) is 0. The van der Waals surface area contributed by atoms with Gasteiger partial charge in [-0.3, -0.25) is 0 Å². The first-order valence-electron chi connectivity index (χ1n) is 5.30. The zero-order valence-corrected chi connectivity index (χ0v) is 8.04. The summed E-state index contributed by atoms with van der Waals surface area (Å²) in [6, 6.07) is 0. The van der Waals surface area contributed by atoms with Gasteiger partial charge in [0, 0.05) is 13.2 Å². The molecule has 3 nitrogen and oxygen atoms in total. The first-order chi connectivity index (χ1) is 6.45. The van der Waals surface area contributed by atoms with Crippen molar-refractivity contribution in [1.29, 1.82) is 0 Å². The molecule has 0 aromatic carbocycles. The monoisotopic (exact) mass is 186 g/mol. The highest BCUT2D eigenvalue weighted by molar-refractivity contribution is 4.64. The Labute approximate surface area is 79.4 Å². The highest BCUT2D eigenvalue weighted by Gasteiger charge is 2.21. The van der Waals surface area contributed by atoms with Gasteiger partial charge in [-0.2, -0.15) is 0 Å². The van der Waals surface area contributed by atoms with Crippen molar-refractivity contribution >= 4 is 0 Å². The number of hydrogen-bond donors (Lipinski definition) is 0. The van der Waals surface area contributed by atoms with Crippen LogP contribution in [0.1, 0.15) is 32.1 Å². The molecule has 0 amide bonds. The fourth-order valence-corrected chi connectivity index (χ4v) is 1.85. The van der Waals surface area contributed by atoms with E-state index in [-0.39, 0.29) is 12.4 Å². The van der Waals surface area contributed by atoms with E-state index in [2.05, 4.69) is 0 Å². The summed E-state index contributed by atoms with van der Waals surface area (Å²) in [6.45, 7) is 2.50. The molecule has 2 heterocycles. The molecule has 0 spiro atoms. The van der Waals surface area contributed by atoms with Crippen molar-refractivity contribution in [2.45, 2.75) is 44.5 Å². The van der Waals surface area contributed by atoms with Crippen LogP contribution in [0.15, 0.2) is 0 Å². The van der Waals surface area contributed by atoms with Gasteiger partial charge < -0.3 is 14.2 Å². The van der Waals surface area contributed by atoms with Crippen molar-refractivity contribution in [2.75, 3.05) is 19.8 Å². The van der Waals surface area contributed by atoms with Crippen LogP contribution in [0.2, 0.25) is 0 Å². The first-order valence-corrected chi connectivity index (χ1v) is 5.30. The van der Waals surface area contributed by atoms with Gasteiger partial charge in [0.2, 0.25) is 0 Å². The van der Waals surface area contributed by atoms with Crippen molar-refractivity contribution < 1.29 is 14.2 Å². The molecule has 2 fully saturated rings. The molecule has 2 unspecified atom stereocenters. The van der Waals surface area contributed by atoms with E-state index in [1.165, 1.54) is 12.8 Å². The van der Waals surface area contributed by atoms with E-state index in [0.717, 1.165) is 39.1 Å². The molecule has 2 rings (SSSR count). The Bertz CT molecular complexity index is 121. The minimum atomic E-state index is 0.0421. The molecule has 0 bridgehead atoms. The fourth-order valence-electron chi connectivity index (χ4n) is 1.85. The molecule has 2 aliphatic heterocycles. The molecule has 0 aromatic rings. The summed E-state index contributed by atoms with van der Waals surface area (Å²) in [5.74, 6) is 0. The summed E-state index contributed by atoms with van der Waals surface area (Å²) < 4.78 is 16.6. The predicted molar refractivity (Wildman–Crippen MR) is 48.5 cm³/mol. The van der Waals surface area contributed by atoms with Gasteiger partial charge in [0.05, 0.1) is 12.7 Å². The van der Waals surface area contributed by atoms with Crippen LogP contribution in [0.25, 0.3) is 0 Å². The molecule has 0 aromatic heterocycles. The summed E-state index contributed by atoms with van der Waals surface area (Å²) in [4.78, 5) is 0. The van der Waals surface area contributed by atoms with Crippen molar-refractivity contribution in [1.82, 2.24) is 0 Å². The molecule has 76 valence electrons. The molecule has 0 N–H and O–H groups in total. The molecule has 13 heavy (non-hydrogen) atoms. The van der Waals surface area contributed by atoms with Gasteiger partial charge in [-0.25, -0.2) is 0 Å².